The first-order valence-corrected chi connectivity index (χ1v) is 8.06. The van der Waals surface area contributed by atoms with E-state index in [2.05, 4.69) is 28.3 Å². The van der Waals surface area contributed by atoms with E-state index in [1.54, 1.807) is 0 Å². The lowest BCUT2D eigenvalue weighted by molar-refractivity contribution is -0.132. The maximum Gasteiger partial charge on any atom is 0.223 e. The fraction of sp³-hybridized carbons (Fsp3) is 0.529. The van der Waals surface area contributed by atoms with Crippen LogP contribution in [0.5, 0.6) is 0 Å². The number of imidazole rings is 1. The van der Waals surface area contributed by atoms with Gasteiger partial charge in [0.2, 0.25) is 5.91 Å². The standard InChI is InChI=1S/C17H24N4O.2ClH/c1-12-5-3-7-14-17(12)20-15(19-14)8-9-16(22)21-10-4-6-13(11-21)18-2;;/h3,5,7,13,18H,4,6,8-11H2,1-2H3,(H,19,20);2*1H. The Morgan fingerprint density at radius 1 is 1.42 bits per heavy atom. The number of para-hydroxylation sites is 1. The van der Waals surface area contributed by atoms with Crippen molar-refractivity contribution >= 4 is 41.8 Å². The third-order valence-electron chi connectivity index (χ3n) is 4.52. The van der Waals surface area contributed by atoms with Crippen LogP contribution in [0, 0.1) is 6.92 Å². The van der Waals surface area contributed by atoms with Crippen LogP contribution in [0.2, 0.25) is 0 Å². The number of H-pyrrole nitrogens is 1. The number of carbonyl (C=O) groups excluding carboxylic acids is 1. The van der Waals surface area contributed by atoms with Gasteiger partial charge in [-0.1, -0.05) is 12.1 Å². The summed E-state index contributed by atoms with van der Waals surface area (Å²) in [6, 6.07) is 6.55. The van der Waals surface area contributed by atoms with Crippen molar-refractivity contribution in [2.75, 3.05) is 20.1 Å². The molecule has 1 unspecified atom stereocenters. The van der Waals surface area contributed by atoms with Gasteiger partial charge in [-0.3, -0.25) is 4.79 Å². The molecule has 1 aliphatic heterocycles. The molecule has 134 valence electrons. The summed E-state index contributed by atoms with van der Waals surface area (Å²) in [5, 5.41) is 3.27. The van der Waals surface area contributed by atoms with Gasteiger partial charge in [0.25, 0.3) is 0 Å². The summed E-state index contributed by atoms with van der Waals surface area (Å²) in [5.41, 5.74) is 3.23. The second-order valence-electron chi connectivity index (χ2n) is 6.12. The van der Waals surface area contributed by atoms with E-state index in [1.165, 1.54) is 5.56 Å². The lowest BCUT2D eigenvalue weighted by Crippen LogP contribution is -2.47. The molecule has 3 rings (SSSR count). The van der Waals surface area contributed by atoms with Crippen molar-refractivity contribution in [2.45, 2.75) is 38.6 Å². The quantitative estimate of drug-likeness (QED) is 0.867. The van der Waals surface area contributed by atoms with Gasteiger partial charge in [-0.2, -0.15) is 0 Å². The first-order chi connectivity index (χ1) is 10.7. The van der Waals surface area contributed by atoms with Crippen LogP contribution in [0.15, 0.2) is 18.2 Å². The first kappa shape index (κ1) is 20.7. The number of nitrogens with zero attached hydrogens (tertiary/aromatic N) is 2. The number of nitrogens with one attached hydrogen (secondary N) is 2. The third-order valence-corrected chi connectivity index (χ3v) is 4.52. The van der Waals surface area contributed by atoms with Gasteiger partial charge in [0.15, 0.2) is 0 Å². The number of likely N-dealkylation sites (N-methyl/N-ethyl adjacent to an activating group) is 1. The number of carbonyl (C=O) groups is 1. The molecule has 5 nitrogen and oxygen atoms in total. The number of aromatic amines is 1. The van der Waals surface area contributed by atoms with Gasteiger partial charge >= 0.3 is 0 Å². The average molecular weight is 373 g/mol. The van der Waals surface area contributed by atoms with Crippen molar-refractivity contribution in [2.24, 2.45) is 0 Å². The normalized spacial score (nSPS) is 17.2. The second-order valence-corrected chi connectivity index (χ2v) is 6.12. The highest BCUT2D eigenvalue weighted by Gasteiger charge is 2.22. The lowest BCUT2D eigenvalue weighted by atomic mass is 10.1. The van der Waals surface area contributed by atoms with Crippen molar-refractivity contribution < 1.29 is 4.79 Å². The monoisotopic (exact) mass is 372 g/mol. The summed E-state index contributed by atoms with van der Waals surface area (Å²) < 4.78 is 0. The number of hydrogen-bond acceptors (Lipinski definition) is 3. The summed E-state index contributed by atoms with van der Waals surface area (Å²) in [5.74, 6) is 1.14. The molecule has 1 saturated heterocycles. The molecule has 1 fully saturated rings. The number of halogens is 2. The van der Waals surface area contributed by atoms with Crippen LogP contribution in [0.4, 0.5) is 0 Å². The van der Waals surface area contributed by atoms with E-state index < -0.39 is 0 Å². The Bertz CT molecular complexity index is 674. The number of hydrogen-bond donors (Lipinski definition) is 2. The van der Waals surface area contributed by atoms with Crippen LogP contribution < -0.4 is 5.32 Å². The van der Waals surface area contributed by atoms with E-state index in [-0.39, 0.29) is 30.7 Å². The molecule has 2 heterocycles. The minimum absolute atomic E-state index is 0. The number of aryl methyl sites for hydroxylation is 2. The fourth-order valence-electron chi connectivity index (χ4n) is 3.17. The Balaban J connectivity index is 0.00000144. The minimum Gasteiger partial charge on any atom is -0.342 e. The van der Waals surface area contributed by atoms with Gasteiger partial charge in [0, 0.05) is 32.0 Å². The number of benzene rings is 1. The third kappa shape index (κ3) is 4.62. The predicted molar refractivity (Wildman–Crippen MR) is 102 cm³/mol. The maximum absolute atomic E-state index is 12.4. The number of amides is 1. The van der Waals surface area contributed by atoms with E-state index in [4.69, 9.17) is 0 Å². The summed E-state index contributed by atoms with van der Waals surface area (Å²) in [4.78, 5) is 22.3. The molecular formula is C17H26Cl2N4O. The molecule has 2 N–H and O–H groups in total. The molecule has 1 aliphatic rings. The van der Waals surface area contributed by atoms with Gasteiger partial charge < -0.3 is 15.2 Å². The zero-order chi connectivity index (χ0) is 15.5. The van der Waals surface area contributed by atoms with Crippen LogP contribution in [-0.4, -0.2) is 47.0 Å². The Morgan fingerprint density at radius 3 is 2.92 bits per heavy atom. The molecule has 1 amide bonds. The van der Waals surface area contributed by atoms with Gasteiger partial charge in [-0.25, -0.2) is 4.98 Å². The van der Waals surface area contributed by atoms with Crippen molar-refractivity contribution in [3.63, 3.8) is 0 Å². The Labute approximate surface area is 155 Å². The van der Waals surface area contributed by atoms with E-state index in [0.29, 0.717) is 18.9 Å². The van der Waals surface area contributed by atoms with E-state index in [0.717, 1.165) is 42.8 Å². The summed E-state index contributed by atoms with van der Waals surface area (Å²) in [7, 11) is 1.97. The topological polar surface area (TPSA) is 61.0 Å². The van der Waals surface area contributed by atoms with Gasteiger partial charge in [-0.15, -0.1) is 24.8 Å². The number of fused-ring (bicyclic) bond motifs is 1. The molecule has 24 heavy (non-hydrogen) atoms. The van der Waals surface area contributed by atoms with E-state index in [1.807, 2.05) is 24.1 Å². The molecule has 7 heteroatoms. The first-order valence-electron chi connectivity index (χ1n) is 8.06. The highest BCUT2D eigenvalue weighted by molar-refractivity contribution is 5.85. The molecular weight excluding hydrogens is 347 g/mol. The SMILES string of the molecule is CNC1CCCN(C(=O)CCc2nc3c(C)cccc3[nH]2)C1.Cl.Cl. The maximum atomic E-state index is 12.4. The molecule has 2 aromatic rings. The van der Waals surface area contributed by atoms with Crippen LogP contribution in [-0.2, 0) is 11.2 Å². The molecule has 0 spiro atoms. The van der Waals surface area contributed by atoms with Crippen LogP contribution in [0.1, 0.15) is 30.7 Å². The summed E-state index contributed by atoms with van der Waals surface area (Å²) >= 11 is 0. The highest BCUT2D eigenvalue weighted by atomic mass is 35.5. The van der Waals surface area contributed by atoms with Crippen LogP contribution in [0.3, 0.4) is 0 Å². The van der Waals surface area contributed by atoms with E-state index >= 15 is 0 Å². The van der Waals surface area contributed by atoms with Gasteiger partial charge in [-0.05, 0) is 38.4 Å². The minimum atomic E-state index is 0. The van der Waals surface area contributed by atoms with Crippen molar-refractivity contribution in [1.29, 1.82) is 0 Å². The molecule has 1 atom stereocenters. The summed E-state index contributed by atoms with van der Waals surface area (Å²) in [6.07, 6.45) is 3.44. The molecule has 0 radical (unpaired) electrons. The van der Waals surface area contributed by atoms with Gasteiger partial charge in [0.1, 0.15) is 5.82 Å². The zero-order valence-electron chi connectivity index (χ0n) is 14.2. The largest absolute Gasteiger partial charge is 0.342 e. The second kappa shape index (κ2) is 9.25. The lowest BCUT2D eigenvalue weighted by Gasteiger charge is -2.32. The number of rotatable bonds is 4. The Kier molecular flexibility index (Phi) is 8.00. The molecule has 1 aromatic heterocycles. The van der Waals surface area contributed by atoms with Gasteiger partial charge in [0.05, 0.1) is 11.0 Å². The van der Waals surface area contributed by atoms with Crippen LogP contribution in [0.25, 0.3) is 11.0 Å². The molecule has 1 aromatic carbocycles. The smallest absolute Gasteiger partial charge is 0.223 e. The number of likely N-dealkylation sites (tertiary alicyclic amines) is 1. The Morgan fingerprint density at radius 2 is 2.21 bits per heavy atom. The fourth-order valence-corrected chi connectivity index (χ4v) is 3.17. The van der Waals surface area contributed by atoms with Crippen molar-refractivity contribution in [3.8, 4) is 0 Å². The predicted octanol–water partition coefficient (Wildman–Crippen LogP) is 2.86. The average Bonchev–Trinajstić information content (AvgIpc) is 2.97. The molecule has 0 bridgehead atoms. The Hall–Kier alpha value is -1.30. The number of aromatic nitrogens is 2. The molecule has 0 aliphatic carbocycles. The van der Waals surface area contributed by atoms with Crippen LogP contribution >= 0.6 is 24.8 Å². The summed E-state index contributed by atoms with van der Waals surface area (Å²) in [6.45, 7) is 3.77. The van der Waals surface area contributed by atoms with Crippen molar-refractivity contribution in [1.82, 2.24) is 20.2 Å². The zero-order valence-corrected chi connectivity index (χ0v) is 15.8. The van der Waals surface area contributed by atoms with Crippen molar-refractivity contribution in [3.05, 3.63) is 29.6 Å². The molecule has 0 saturated carbocycles. The number of piperidine rings is 1. The van der Waals surface area contributed by atoms with E-state index in [9.17, 15) is 4.79 Å². The highest BCUT2D eigenvalue weighted by Crippen LogP contribution is 2.17.